The molecular formula is C19H12ClN5O4. The van der Waals surface area contributed by atoms with Gasteiger partial charge in [-0.1, -0.05) is 23.7 Å². The van der Waals surface area contributed by atoms with Crippen LogP contribution in [0.25, 0.3) is 28.2 Å². The molecular weight excluding hydrogens is 398 g/mol. The van der Waals surface area contributed by atoms with E-state index in [4.69, 9.17) is 26.8 Å². The van der Waals surface area contributed by atoms with Crippen molar-refractivity contribution in [3.05, 3.63) is 63.7 Å². The number of benzene rings is 2. The van der Waals surface area contributed by atoms with Gasteiger partial charge in [-0.3, -0.25) is 4.79 Å². The highest BCUT2D eigenvalue weighted by atomic mass is 35.5. The van der Waals surface area contributed by atoms with Gasteiger partial charge in [-0.05, 0) is 24.3 Å². The van der Waals surface area contributed by atoms with Gasteiger partial charge in [-0.15, -0.1) is 0 Å². The molecule has 4 aromatic rings. The van der Waals surface area contributed by atoms with Crippen LogP contribution in [0.4, 0.5) is 0 Å². The first-order valence-electron chi connectivity index (χ1n) is 8.50. The molecule has 9 nitrogen and oxygen atoms in total. The number of carbonyl (C=O) groups excluding carboxylic acids is 1. The average molecular weight is 410 g/mol. The fourth-order valence-electron chi connectivity index (χ4n) is 3.19. The maximum Gasteiger partial charge on any atom is 0.332 e. The highest BCUT2D eigenvalue weighted by Crippen LogP contribution is 2.34. The number of rotatable bonds is 3. The summed E-state index contributed by atoms with van der Waals surface area (Å²) in [4.78, 5) is 36.1. The van der Waals surface area contributed by atoms with Gasteiger partial charge in [-0.2, -0.15) is 0 Å². The van der Waals surface area contributed by atoms with Crippen LogP contribution in [0.15, 0.2) is 47.3 Å². The Hall–Kier alpha value is -3.85. The second-order valence-corrected chi connectivity index (χ2v) is 6.65. The highest BCUT2D eigenvalue weighted by molar-refractivity contribution is 6.33. The maximum atomic E-state index is 12.7. The Kier molecular flexibility index (Phi) is 3.78. The number of primary amides is 1. The first kappa shape index (κ1) is 17.3. The zero-order valence-electron chi connectivity index (χ0n) is 14.7. The SMILES string of the molecule is NC(=O)c1nc(-c2ccccc2Cl)nc2c1[nH]c(=O)n2-c1ccc2c(c1)OCO2. The van der Waals surface area contributed by atoms with Crippen LogP contribution in [0.3, 0.4) is 0 Å². The quantitative estimate of drug-likeness (QED) is 0.534. The van der Waals surface area contributed by atoms with Crippen LogP contribution in [-0.4, -0.2) is 32.2 Å². The van der Waals surface area contributed by atoms with Crippen LogP contribution in [0, 0.1) is 0 Å². The number of H-pyrrole nitrogens is 1. The summed E-state index contributed by atoms with van der Waals surface area (Å²) in [5, 5.41) is 0.398. The van der Waals surface area contributed by atoms with Gasteiger partial charge < -0.3 is 20.2 Å². The molecule has 3 heterocycles. The number of halogens is 1. The molecule has 0 spiro atoms. The van der Waals surface area contributed by atoms with E-state index in [0.717, 1.165) is 0 Å². The van der Waals surface area contributed by atoms with Crippen molar-refractivity contribution in [1.29, 1.82) is 0 Å². The standard InChI is InChI=1S/C19H12ClN5O4/c20-11-4-2-1-3-10(11)17-22-14(16(21)26)15-18(24-17)25(19(27)23-15)9-5-6-12-13(7-9)29-8-28-12/h1-7H,8H2,(H2,21,26)(H,23,27). The van der Waals surface area contributed by atoms with Crippen LogP contribution in [0.1, 0.15) is 10.5 Å². The molecule has 0 unspecified atom stereocenters. The van der Waals surface area contributed by atoms with Gasteiger partial charge >= 0.3 is 5.69 Å². The van der Waals surface area contributed by atoms with E-state index in [2.05, 4.69) is 15.0 Å². The Labute approximate surface area is 167 Å². The van der Waals surface area contributed by atoms with Crippen LogP contribution >= 0.6 is 11.6 Å². The fraction of sp³-hybridized carbons (Fsp3) is 0.0526. The van der Waals surface area contributed by atoms with E-state index >= 15 is 0 Å². The summed E-state index contributed by atoms with van der Waals surface area (Å²) in [7, 11) is 0. The minimum atomic E-state index is -0.801. The van der Waals surface area contributed by atoms with Gasteiger partial charge in [0.15, 0.2) is 28.7 Å². The molecule has 0 atom stereocenters. The molecule has 0 fully saturated rings. The van der Waals surface area contributed by atoms with E-state index in [0.29, 0.717) is 27.8 Å². The number of carbonyl (C=O) groups is 1. The van der Waals surface area contributed by atoms with Crippen molar-refractivity contribution in [3.63, 3.8) is 0 Å². The number of imidazole rings is 1. The van der Waals surface area contributed by atoms with Gasteiger partial charge in [-0.25, -0.2) is 19.3 Å². The zero-order valence-corrected chi connectivity index (χ0v) is 15.4. The third-order valence-electron chi connectivity index (χ3n) is 4.50. The number of aromatic nitrogens is 4. The molecule has 5 rings (SSSR count). The minimum Gasteiger partial charge on any atom is -0.454 e. The molecule has 1 aliphatic heterocycles. The monoisotopic (exact) mass is 409 g/mol. The first-order chi connectivity index (χ1) is 14.0. The molecule has 1 amide bonds. The maximum absolute atomic E-state index is 12.7. The largest absolute Gasteiger partial charge is 0.454 e. The number of hydrogen-bond acceptors (Lipinski definition) is 6. The van der Waals surface area contributed by atoms with Crippen LogP contribution < -0.4 is 20.9 Å². The number of aromatic amines is 1. The zero-order chi connectivity index (χ0) is 20.1. The Morgan fingerprint density at radius 1 is 1.14 bits per heavy atom. The van der Waals surface area contributed by atoms with Crippen molar-refractivity contribution in [2.24, 2.45) is 5.73 Å². The summed E-state index contributed by atoms with van der Waals surface area (Å²) in [6.07, 6.45) is 0. The number of ether oxygens (including phenoxy) is 2. The first-order valence-corrected chi connectivity index (χ1v) is 8.88. The molecule has 10 heteroatoms. The predicted octanol–water partition coefficient (Wildman–Crippen LogP) is 2.26. The molecule has 1 aliphatic rings. The van der Waals surface area contributed by atoms with E-state index in [9.17, 15) is 9.59 Å². The smallest absolute Gasteiger partial charge is 0.332 e. The lowest BCUT2D eigenvalue weighted by atomic mass is 10.2. The number of hydrogen-bond donors (Lipinski definition) is 2. The summed E-state index contributed by atoms with van der Waals surface area (Å²) < 4.78 is 12.0. The third kappa shape index (κ3) is 2.71. The minimum absolute atomic E-state index is 0.103. The van der Waals surface area contributed by atoms with Crippen molar-refractivity contribution in [3.8, 4) is 28.6 Å². The average Bonchev–Trinajstić information content (AvgIpc) is 3.30. The van der Waals surface area contributed by atoms with Crippen LogP contribution in [0.2, 0.25) is 5.02 Å². The second kappa shape index (κ2) is 6.35. The Morgan fingerprint density at radius 2 is 1.93 bits per heavy atom. The lowest BCUT2D eigenvalue weighted by molar-refractivity contribution is 0.0997. The van der Waals surface area contributed by atoms with E-state index in [1.165, 1.54) is 4.57 Å². The van der Waals surface area contributed by atoms with Crippen LogP contribution in [-0.2, 0) is 0 Å². The second-order valence-electron chi connectivity index (χ2n) is 6.24. The highest BCUT2D eigenvalue weighted by Gasteiger charge is 2.22. The molecule has 144 valence electrons. The van der Waals surface area contributed by atoms with Gasteiger partial charge in [0.2, 0.25) is 6.79 Å². The van der Waals surface area contributed by atoms with Gasteiger partial charge in [0, 0.05) is 11.6 Å². The Morgan fingerprint density at radius 3 is 2.72 bits per heavy atom. The van der Waals surface area contributed by atoms with Crippen molar-refractivity contribution in [2.45, 2.75) is 0 Å². The van der Waals surface area contributed by atoms with E-state index in [1.807, 2.05) is 0 Å². The van der Waals surface area contributed by atoms with Crippen LogP contribution in [0.5, 0.6) is 11.5 Å². The summed E-state index contributed by atoms with van der Waals surface area (Å²) >= 11 is 6.26. The van der Waals surface area contributed by atoms with Crippen molar-refractivity contribution in [1.82, 2.24) is 19.5 Å². The van der Waals surface area contributed by atoms with Gasteiger partial charge in [0.1, 0.15) is 5.52 Å². The lowest BCUT2D eigenvalue weighted by Gasteiger charge is -2.08. The number of amides is 1. The molecule has 3 N–H and O–H groups in total. The molecule has 0 bridgehead atoms. The number of fused-ring (bicyclic) bond motifs is 2. The fourth-order valence-corrected chi connectivity index (χ4v) is 3.41. The molecule has 0 radical (unpaired) electrons. The number of nitrogens with one attached hydrogen (secondary N) is 1. The summed E-state index contributed by atoms with van der Waals surface area (Å²) in [5.41, 5.74) is 6.19. The van der Waals surface area contributed by atoms with E-state index in [1.54, 1.807) is 42.5 Å². The van der Waals surface area contributed by atoms with Gasteiger partial charge in [0.25, 0.3) is 5.91 Å². The summed E-state index contributed by atoms with van der Waals surface area (Å²) in [6, 6.07) is 11.9. The summed E-state index contributed by atoms with van der Waals surface area (Å²) in [6.45, 7) is 0.103. The lowest BCUT2D eigenvalue weighted by Crippen LogP contribution is -2.15. The van der Waals surface area contributed by atoms with Crippen molar-refractivity contribution in [2.75, 3.05) is 6.79 Å². The molecule has 2 aromatic carbocycles. The number of nitrogens with two attached hydrogens (primary N) is 1. The van der Waals surface area contributed by atoms with E-state index < -0.39 is 11.6 Å². The normalized spacial score (nSPS) is 12.4. The summed E-state index contributed by atoms with van der Waals surface area (Å²) in [5.74, 6) is 0.445. The third-order valence-corrected chi connectivity index (χ3v) is 4.83. The van der Waals surface area contributed by atoms with Gasteiger partial charge in [0.05, 0.1) is 10.7 Å². The Bertz CT molecular complexity index is 1360. The van der Waals surface area contributed by atoms with E-state index in [-0.39, 0.29) is 29.5 Å². The molecule has 29 heavy (non-hydrogen) atoms. The topological polar surface area (TPSA) is 125 Å². The molecule has 0 saturated carbocycles. The van der Waals surface area contributed by atoms with Crippen molar-refractivity contribution < 1.29 is 14.3 Å². The predicted molar refractivity (Wildman–Crippen MR) is 105 cm³/mol. The molecule has 2 aromatic heterocycles. The number of nitrogens with zero attached hydrogens (tertiary/aromatic N) is 3. The molecule has 0 aliphatic carbocycles. The molecule has 0 saturated heterocycles. The Balaban J connectivity index is 1.82. The van der Waals surface area contributed by atoms with Crippen molar-refractivity contribution >= 4 is 28.7 Å².